The van der Waals surface area contributed by atoms with Crippen molar-refractivity contribution in [2.75, 3.05) is 0 Å². The summed E-state index contributed by atoms with van der Waals surface area (Å²) in [4.78, 5) is 3.42. The van der Waals surface area contributed by atoms with Gasteiger partial charge in [0.05, 0.1) is 5.57 Å². The number of benzene rings is 2. The number of allylic oxidation sites excluding steroid dienone is 2. The number of unbranched alkanes of at least 4 members (excludes halogenated alkanes) is 8. The number of hydrogen-bond donors (Lipinski definition) is 0. The van der Waals surface area contributed by atoms with Crippen LogP contribution in [0, 0.1) is 0 Å². The molecule has 0 fully saturated rings. The first kappa shape index (κ1) is 38.9. The first-order valence-corrected chi connectivity index (χ1v) is 18.8. The second-order valence-corrected chi connectivity index (χ2v) is 13.3. The molecule has 0 aromatic heterocycles. The van der Waals surface area contributed by atoms with E-state index in [1.165, 1.54) is 102 Å². The Hall–Kier alpha value is -2.17. The Balaban J connectivity index is 0.00000170. The zero-order valence-electron chi connectivity index (χ0n) is 28.6. The molecule has 0 unspecified atom stereocenters. The summed E-state index contributed by atoms with van der Waals surface area (Å²) in [6.07, 6.45) is 18.7. The Kier molecular flexibility index (Phi) is 23.7. The Morgan fingerprint density at radius 3 is 1.51 bits per heavy atom. The quantitative estimate of drug-likeness (QED) is 0.0329. The van der Waals surface area contributed by atoms with Crippen molar-refractivity contribution >= 4 is 11.4 Å². The minimum atomic E-state index is 0.900. The summed E-state index contributed by atoms with van der Waals surface area (Å²) in [5.41, 5.74) is 18.5. The van der Waals surface area contributed by atoms with Gasteiger partial charge in [0.15, 0.2) is 0 Å². The predicted octanol–water partition coefficient (Wildman–Crippen LogP) is 12.9. The standard InChI is InChI=1S/C36H52N2.2C2H5.Ni/c1-5-9-13-15-18-31-23-27-33(28-24-31)36(32-25-21-30(22-26-32)17-11-7-3)35(20-12-8-4)34(29-38-37)19-16-14-10-6-2;2*1-2;/h21-28H,5-20H2,1-4H3;2*1H2,2H3;. The molecule has 0 saturated carbocycles. The van der Waals surface area contributed by atoms with E-state index in [9.17, 15) is 5.53 Å². The van der Waals surface area contributed by atoms with Gasteiger partial charge < -0.3 is 5.53 Å². The van der Waals surface area contributed by atoms with Crippen LogP contribution in [-0.4, -0.2) is 10.7 Å². The van der Waals surface area contributed by atoms with Crippen molar-refractivity contribution in [2.24, 2.45) is 0 Å². The molecule has 0 atom stereocenters. The molecule has 0 radical (unpaired) electrons. The van der Waals surface area contributed by atoms with Crippen molar-refractivity contribution in [3.05, 3.63) is 87.5 Å². The van der Waals surface area contributed by atoms with Crippen molar-refractivity contribution in [1.82, 2.24) is 0 Å². The van der Waals surface area contributed by atoms with Crippen LogP contribution in [0.1, 0.15) is 154 Å². The normalized spacial score (nSPS) is 11.3. The Bertz CT molecular complexity index is 1080. The molecule has 0 saturated heterocycles. The van der Waals surface area contributed by atoms with Crippen LogP contribution in [0.5, 0.6) is 0 Å². The fourth-order valence-electron chi connectivity index (χ4n) is 5.33. The average molecular weight is 630 g/mol. The van der Waals surface area contributed by atoms with Gasteiger partial charge in [0.25, 0.3) is 0 Å². The van der Waals surface area contributed by atoms with E-state index in [4.69, 9.17) is 0 Å². The minimum absolute atomic E-state index is 0.900. The molecule has 0 heterocycles. The van der Waals surface area contributed by atoms with Gasteiger partial charge in [0.1, 0.15) is 0 Å². The van der Waals surface area contributed by atoms with Gasteiger partial charge in [-0.3, -0.25) is 0 Å². The van der Waals surface area contributed by atoms with Crippen molar-refractivity contribution in [1.29, 1.82) is 0 Å². The Morgan fingerprint density at radius 2 is 1.07 bits per heavy atom. The molecule has 0 aliphatic carbocycles. The maximum atomic E-state index is 9.58. The van der Waals surface area contributed by atoms with Crippen LogP contribution >= 0.6 is 0 Å². The van der Waals surface area contributed by atoms with Gasteiger partial charge in [-0.2, -0.15) is 0 Å². The molecule has 0 spiro atoms. The molecule has 43 heavy (non-hydrogen) atoms. The van der Waals surface area contributed by atoms with Crippen LogP contribution < -0.4 is 0 Å². The molecule has 242 valence electrons. The topological polar surface area (TPSA) is 36.4 Å². The van der Waals surface area contributed by atoms with E-state index in [0.29, 0.717) is 0 Å². The third kappa shape index (κ3) is 16.5. The van der Waals surface area contributed by atoms with Crippen LogP contribution in [-0.2, 0) is 27.3 Å². The molecule has 2 aromatic carbocycles. The van der Waals surface area contributed by atoms with Crippen LogP contribution in [0.4, 0.5) is 0 Å². The molecular weight excluding hydrogens is 567 g/mol. The van der Waals surface area contributed by atoms with Crippen molar-refractivity contribution in [2.45, 2.75) is 155 Å². The van der Waals surface area contributed by atoms with Gasteiger partial charge in [0.2, 0.25) is 0 Å². The molecular formula is C40H62N2Ni. The van der Waals surface area contributed by atoms with Crippen LogP contribution in [0.3, 0.4) is 0 Å². The van der Waals surface area contributed by atoms with E-state index < -0.39 is 0 Å². The second-order valence-electron chi connectivity index (χ2n) is 11.4. The average Bonchev–Trinajstić information content (AvgIpc) is 3.03. The predicted molar refractivity (Wildman–Crippen MR) is 187 cm³/mol. The SMILES string of the molecule is CCCCCCC(=C=[N+]=[N-])C(CCCC)=C(c1ccc(CCCC)cc1)c1ccc(CCCCCC)cc1.C[CH2][Ni][CH2]C. The monoisotopic (exact) mass is 628 g/mol. The van der Waals surface area contributed by atoms with Crippen LogP contribution in [0.25, 0.3) is 11.1 Å². The van der Waals surface area contributed by atoms with Gasteiger partial charge in [-0.25, -0.2) is 0 Å². The molecule has 0 aliphatic rings. The molecule has 2 nitrogen and oxygen atoms in total. The van der Waals surface area contributed by atoms with Gasteiger partial charge in [-0.15, -0.1) is 4.79 Å². The number of nitrogens with zero attached hydrogens (tertiary/aromatic N) is 2. The molecule has 0 amide bonds. The molecule has 0 bridgehead atoms. The van der Waals surface area contributed by atoms with Crippen molar-refractivity contribution in [3.8, 4) is 0 Å². The van der Waals surface area contributed by atoms with Gasteiger partial charge in [0, 0.05) is 0 Å². The van der Waals surface area contributed by atoms with Gasteiger partial charge in [-0.05, 0) is 84.8 Å². The van der Waals surface area contributed by atoms with E-state index in [-0.39, 0.29) is 0 Å². The summed E-state index contributed by atoms with van der Waals surface area (Å²) in [7, 11) is 0. The molecule has 2 rings (SSSR count). The molecule has 0 N–H and O–H groups in total. The number of aryl methyl sites for hydroxylation is 2. The van der Waals surface area contributed by atoms with Crippen LogP contribution in [0.2, 0.25) is 10.8 Å². The van der Waals surface area contributed by atoms with Gasteiger partial charge in [-0.1, -0.05) is 128 Å². The number of rotatable bonds is 21. The van der Waals surface area contributed by atoms with E-state index in [1.807, 2.05) is 14.4 Å². The van der Waals surface area contributed by atoms with Gasteiger partial charge >= 0.3 is 44.9 Å². The maximum absolute atomic E-state index is 9.58. The summed E-state index contributed by atoms with van der Waals surface area (Å²) in [6, 6.07) is 18.5. The fraction of sp³-hybridized carbons (Fsp3) is 0.600. The van der Waals surface area contributed by atoms with E-state index in [1.54, 1.807) is 0 Å². The fourth-order valence-corrected chi connectivity index (χ4v) is 5.82. The third-order valence-corrected chi connectivity index (χ3v) is 8.84. The molecule has 3 heteroatoms. The Morgan fingerprint density at radius 1 is 0.581 bits per heavy atom. The summed E-state index contributed by atoms with van der Waals surface area (Å²) >= 11 is 1.82. The third-order valence-electron chi connectivity index (χ3n) is 7.85. The second kappa shape index (κ2) is 26.3. The number of hydrogen-bond acceptors (Lipinski definition) is 0. The summed E-state index contributed by atoms with van der Waals surface area (Å²) < 4.78 is 0. The Labute approximate surface area is 272 Å². The first-order chi connectivity index (χ1) is 21.1. The van der Waals surface area contributed by atoms with Crippen LogP contribution in [0.15, 0.2) is 59.7 Å². The van der Waals surface area contributed by atoms with E-state index in [0.717, 1.165) is 50.5 Å². The summed E-state index contributed by atoms with van der Waals surface area (Å²) in [5, 5.41) is 2.56. The molecule has 2 aromatic rings. The summed E-state index contributed by atoms with van der Waals surface area (Å²) in [6.45, 7) is 13.4. The van der Waals surface area contributed by atoms with Crippen molar-refractivity contribution in [3.63, 3.8) is 0 Å². The summed E-state index contributed by atoms with van der Waals surface area (Å²) in [5.74, 6) is 3.02. The van der Waals surface area contributed by atoms with Crippen molar-refractivity contribution < 1.29 is 19.2 Å². The zero-order chi connectivity index (χ0) is 31.5. The zero-order valence-corrected chi connectivity index (χ0v) is 29.5. The van der Waals surface area contributed by atoms with E-state index in [2.05, 4.69) is 101 Å². The van der Waals surface area contributed by atoms with E-state index >= 15 is 0 Å². The first-order valence-electron chi connectivity index (χ1n) is 17.4. The molecule has 0 aliphatic heterocycles.